The summed E-state index contributed by atoms with van der Waals surface area (Å²) >= 11 is 6.19. The Hall–Kier alpha value is -2.78. The predicted molar refractivity (Wildman–Crippen MR) is 121 cm³/mol. The molecule has 0 bridgehead atoms. The molecule has 0 unspecified atom stereocenters. The molecule has 0 saturated heterocycles. The van der Waals surface area contributed by atoms with E-state index in [-0.39, 0.29) is 11.9 Å². The van der Waals surface area contributed by atoms with E-state index in [4.69, 9.17) is 16.3 Å². The van der Waals surface area contributed by atoms with E-state index in [2.05, 4.69) is 23.5 Å². The first-order valence-electron chi connectivity index (χ1n) is 10.5. The summed E-state index contributed by atoms with van der Waals surface area (Å²) in [5, 5.41) is 3.79. The number of fused-ring (bicyclic) bond motifs is 1. The highest BCUT2D eigenvalue weighted by Crippen LogP contribution is 2.25. The number of carbonyl (C=O) groups is 1. The van der Waals surface area contributed by atoms with Crippen LogP contribution in [0, 0.1) is 0 Å². The maximum Gasteiger partial charge on any atom is 0.251 e. The monoisotopic (exact) mass is 419 g/mol. The van der Waals surface area contributed by atoms with Crippen LogP contribution in [0.25, 0.3) is 0 Å². The van der Waals surface area contributed by atoms with Crippen LogP contribution in [-0.2, 0) is 19.4 Å². The Kier molecular flexibility index (Phi) is 6.39. The van der Waals surface area contributed by atoms with E-state index < -0.39 is 0 Å². The van der Waals surface area contributed by atoms with Crippen LogP contribution in [0.15, 0.2) is 66.7 Å². The fraction of sp³-hybridized carbons (Fsp3) is 0.269. The molecule has 0 heterocycles. The Labute approximate surface area is 183 Å². The summed E-state index contributed by atoms with van der Waals surface area (Å²) in [4.78, 5) is 12.8. The lowest BCUT2D eigenvalue weighted by molar-refractivity contribution is 0.0939. The molecule has 0 fully saturated rings. The quantitative estimate of drug-likeness (QED) is 0.510. The van der Waals surface area contributed by atoms with E-state index in [0.717, 1.165) is 24.0 Å². The van der Waals surface area contributed by atoms with Crippen LogP contribution >= 0.6 is 11.6 Å². The zero-order valence-corrected chi connectivity index (χ0v) is 17.9. The minimum atomic E-state index is -0.108. The topological polar surface area (TPSA) is 38.3 Å². The van der Waals surface area contributed by atoms with Gasteiger partial charge in [-0.1, -0.05) is 54.1 Å². The number of ether oxygens (including phenoxy) is 1. The van der Waals surface area contributed by atoms with Gasteiger partial charge in [0.05, 0.1) is 6.04 Å². The number of hydrogen-bond acceptors (Lipinski definition) is 2. The van der Waals surface area contributed by atoms with Gasteiger partial charge in [-0.25, -0.2) is 0 Å². The van der Waals surface area contributed by atoms with Crippen molar-refractivity contribution in [3.05, 3.63) is 99.6 Å². The molecule has 0 saturated carbocycles. The first-order chi connectivity index (χ1) is 14.6. The Bertz CT molecular complexity index is 1050. The van der Waals surface area contributed by atoms with Gasteiger partial charge in [0.25, 0.3) is 5.91 Å². The zero-order valence-electron chi connectivity index (χ0n) is 17.2. The molecule has 0 spiro atoms. The van der Waals surface area contributed by atoms with E-state index in [1.165, 1.54) is 24.0 Å². The number of amides is 1. The molecule has 1 atom stereocenters. The fourth-order valence-electron chi connectivity index (χ4n) is 3.89. The fourth-order valence-corrected chi connectivity index (χ4v) is 4.08. The summed E-state index contributed by atoms with van der Waals surface area (Å²) in [6.45, 7) is 2.39. The van der Waals surface area contributed by atoms with E-state index in [9.17, 15) is 4.79 Å². The highest BCUT2D eigenvalue weighted by Gasteiger charge is 2.15. The molecule has 0 aromatic heterocycles. The average molecular weight is 420 g/mol. The lowest BCUT2D eigenvalue weighted by Crippen LogP contribution is -2.26. The van der Waals surface area contributed by atoms with E-state index >= 15 is 0 Å². The van der Waals surface area contributed by atoms with Crippen molar-refractivity contribution in [2.24, 2.45) is 0 Å². The van der Waals surface area contributed by atoms with E-state index in [0.29, 0.717) is 22.9 Å². The van der Waals surface area contributed by atoms with Gasteiger partial charge in [0.1, 0.15) is 12.4 Å². The van der Waals surface area contributed by atoms with Gasteiger partial charge >= 0.3 is 0 Å². The predicted octanol–water partition coefficient (Wildman–Crippen LogP) is 6.29. The van der Waals surface area contributed by atoms with Gasteiger partial charge in [-0.2, -0.15) is 0 Å². The number of rotatable bonds is 6. The third-order valence-corrected chi connectivity index (χ3v) is 6.04. The molecule has 4 rings (SSSR count). The lowest BCUT2D eigenvalue weighted by atomic mass is 9.89. The van der Waals surface area contributed by atoms with Crippen LogP contribution in [0.3, 0.4) is 0 Å². The SMILES string of the molecule is C[C@@H](NC(=O)c1cccc(OCc2ccccc2Cl)c1)c1ccc2c(c1)CCCC2. The number of nitrogens with one attached hydrogen (secondary N) is 1. The molecular weight excluding hydrogens is 394 g/mol. The molecule has 154 valence electrons. The van der Waals surface area contributed by atoms with Crippen LogP contribution in [0.2, 0.25) is 5.02 Å². The first kappa shape index (κ1) is 20.5. The smallest absolute Gasteiger partial charge is 0.251 e. The molecule has 0 radical (unpaired) electrons. The summed E-state index contributed by atoms with van der Waals surface area (Å²) in [5.74, 6) is 0.535. The molecule has 1 N–H and O–H groups in total. The largest absolute Gasteiger partial charge is 0.489 e. The van der Waals surface area contributed by atoms with Crippen molar-refractivity contribution >= 4 is 17.5 Å². The van der Waals surface area contributed by atoms with Crippen LogP contribution < -0.4 is 10.1 Å². The molecule has 3 nitrogen and oxygen atoms in total. The Morgan fingerprint density at radius 2 is 1.80 bits per heavy atom. The van der Waals surface area contributed by atoms with E-state index in [1.807, 2.05) is 43.3 Å². The van der Waals surface area contributed by atoms with Gasteiger partial charge in [0.2, 0.25) is 0 Å². The maximum atomic E-state index is 12.8. The van der Waals surface area contributed by atoms with Crippen LogP contribution in [0.4, 0.5) is 0 Å². The number of hydrogen-bond donors (Lipinski definition) is 1. The number of halogens is 1. The summed E-state index contributed by atoms with van der Waals surface area (Å²) in [6.07, 6.45) is 4.82. The van der Waals surface area contributed by atoms with Crippen LogP contribution in [0.5, 0.6) is 5.75 Å². The van der Waals surface area contributed by atoms with Gasteiger partial charge in [0.15, 0.2) is 0 Å². The van der Waals surface area contributed by atoms with Gasteiger partial charge in [-0.3, -0.25) is 4.79 Å². The molecule has 30 heavy (non-hydrogen) atoms. The van der Waals surface area contributed by atoms with Crippen LogP contribution in [0.1, 0.15) is 58.4 Å². The van der Waals surface area contributed by atoms with Crippen molar-refractivity contribution in [3.8, 4) is 5.75 Å². The van der Waals surface area contributed by atoms with Crippen molar-refractivity contribution < 1.29 is 9.53 Å². The lowest BCUT2D eigenvalue weighted by Gasteiger charge is -2.20. The number of carbonyl (C=O) groups excluding carboxylic acids is 1. The highest BCUT2D eigenvalue weighted by atomic mass is 35.5. The number of benzene rings is 3. The second kappa shape index (κ2) is 9.36. The molecule has 0 aliphatic heterocycles. The van der Waals surface area contributed by atoms with Crippen molar-refractivity contribution in [1.82, 2.24) is 5.32 Å². The van der Waals surface area contributed by atoms with Crippen LogP contribution in [-0.4, -0.2) is 5.91 Å². The normalized spacial score (nSPS) is 13.9. The summed E-state index contributed by atoms with van der Waals surface area (Å²) in [6, 6.07) is 21.4. The van der Waals surface area contributed by atoms with Crippen molar-refractivity contribution in [2.75, 3.05) is 0 Å². The molecule has 3 aromatic carbocycles. The molecule has 4 heteroatoms. The Morgan fingerprint density at radius 1 is 1.00 bits per heavy atom. The third-order valence-electron chi connectivity index (χ3n) is 5.67. The van der Waals surface area contributed by atoms with Gasteiger partial charge in [-0.05, 0) is 73.6 Å². The maximum absolute atomic E-state index is 12.8. The van der Waals surface area contributed by atoms with Crippen molar-refractivity contribution in [1.29, 1.82) is 0 Å². The minimum absolute atomic E-state index is 0.0579. The first-order valence-corrected chi connectivity index (χ1v) is 10.9. The van der Waals surface area contributed by atoms with Crippen molar-refractivity contribution in [2.45, 2.75) is 45.3 Å². The number of aryl methyl sites for hydroxylation is 2. The Balaban J connectivity index is 1.41. The Morgan fingerprint density at radius 3 is 2.63 bits per heavy atom. The molecular formula is C26H26ClNO2. The minimum Gasteiger partial charge on any atom is -0.489 e. The van der Waals surface area contributed by atoms with Gasteiger partial charge in [-0.15, -0.1) is 0 Å². The molecule has 3 aromatic rings. The van der Waals surface area contributed by atoms with Crippen molar-refractivity contribution in [3.63, 3.8) is 0 Å². The molecule has 1 amide bonds. The second-order valence-corrected chi connectivity index (χ2v) is 8.25. The van der Waals surface area contributed by atoms with Gasteiger partial charge in [0, 0.05) is 16.1 Å². The average Bonchev–Trinajstić information content (AvgIpc) is 2.78. The van der Waals surface area contributed by atoms with Gasteiger partial charge < -0.3 is 10.1 Å². The summed E-state index contributed by atoms with van der Waals surface area (Å²) in [7, 11) is 0. The summed E-state index contributed by atoms with van der Waals surface area (Å²) < 4.78 is 5.85. The zero-order chi connectivity index (χ0) is 20.9. The van der Waals surface area contributed by atoms with E-state index in [1.54, 1.807) is 12.1 Å². The molecule has 1 aliphatic carbocycles. The standard InChI is InChI=1S/C26H26ClNO2/c1-18(20-14-13-19-7-2-3-8-21(19)15-20)28-26(29)22-10-6-11-24(16-22)30-17-23-9-4-5-12-25(23)27/h4-6,9-16,18H,2-3,7-8,17H2,1H3,(H,28,29)/t18-/m1/s1. The second-order valence-electron chi connectivity index (χ2n) is 7.84. The summed E-state index contributed by atoms with van der Waals surface area (Å²) in [5.41, 5.74) is 5.52. The third kappa shape index (κ3) is 4.85. The highest BCUT2D eigenvalue weighted by molar-refractivity contribution is 6.31. The molecule has 1 aliphatic rings.